The van der Waals surface area contributed by atoms with Crippen LogP contribution in [0.3, 0.4) is 0 Å². The number of pyridine rings is 1. The number of nitrogens with zero attached hydrogens (tertiary/aromatic N) is 3. The predicted octanol–water partition coefficient (Wildman–Crippen LogP) is 3.39. The molecule has 1 amide bonds. The molecule has 1 aliphatic heterocycles. The first-order valence-electron chi connectivity index (χ1n) is 9.10. The Balaban J connectivity index is 0.00000280. The monoisotopic (exact) mass is 513 g/mol. The molecule has 28 heavy (non-hydrogen) atoms. The molecule has 0 atom stereocenters. The molecule has 2 N–H and O–H groups in total. The molecule has 0 bridgehead atoms. The Labute approximate surface area is 187 Å². The molecule has 2 heterocycles. The van der Waals surface area contributed by atoms with E-state index in [1.165, 1.54) is 0 Å². The van der Waals surface area contributed by atoms with Crippen LogP contribution in [0.15, 0.2) is 47.6 Å². The highest BCUT2D eigenvalue weighted by atomic mass is 127. The number of aromatic nitrogens is 1. The molecular weight excluding hydrogens is 489 g/mol. The predicted molar refractivity (Wildman–Crippen MR) is 125 cm³/mol. The van der Waals surface area contributed by atoms with Crippen molar-refractivity contribution in [1.29, 1.82) is 0 Å². The molecule has 1 saturated heterocycles. The third-order valence-electron chi connectivity index (χ3n) is 4.50. The minimum atomic E-state index is 0. The summed E-state index contributed by atoms with van der Waals surface area (Å²) >= 11 is 5.80. The number of nitrogens with one attached hydrogen (secondary N) is 2. The van der Waals surface area contributed by atoms with Crippen molar-refractivity contribution in [2.24, 2.45) is 4.99 Å². The van der Waals surface area contributed by atoms with E-state index in [0.29, 0.717) is 18.1 Å². The standard InChI is InChI=1S/C20H24ClN5O.HI/c1-22-20(23-11-10-16-6-9-18(21)24-13-16)25-14-15-4-7-17(8-5-15)26-12-2-3-19(26)27;/h4-9,13H,2-3,10-12,14H2,1H3,(H2,22,23,25);1H. The summed E-state index contributed by atoms with van der Waals surface area (Å²) in [6, 6.07) is 11.9. The van der Waals surface area contributed by atoms with Gasteiger partial charge in [-0.3, -0.25) is 9.79 Å². The molecule has 1 aliphatic rings. The van der Waals surface area contributed by atoms with Crippen LogP contribution in [-0.4, -0.2) is 37.0 Å². The van der Waals surface area contributed by atoms with Gasteiger partial charge in [0.2, 0.25) is 5.91 Å². The van der Waals surface area contributed by atoms with Crippen molar-refractivity contribution < 1.29 is 4.79 Å². The molecule has 0 unspecified atom stereocenters. The maximum absolute atomic E-state index is 11.8. The second-order valence-electron chi connectivity index (χ2n) is 6.41. The highest BCUT2D eigenvalue weighted by Crippen LogP contribution is 2.21. The normalized spacial score (nSPS) is 14.0. The first-order chi connectivity index (χ1) is 13.2. The van der Waals surface area contributed by atoms with Gasteiger partial charge >= 0.3 is 0 Å². The van der Waals surface area contributed by atoms with Crippen molar-refractivity contribution in [2.45, 2.75) is 25.8 Å². The van der Waals surface area contributed by atoms with E-state index in [4.69, 9.17) is 11.6 Å². The zero-order chi connectivity index (χ0) is 19.1. The van der Waals surface area contributed by atoms with Gasteiger partial charge in [-0.15, -0.1) is 24.0 Å². The average molecular weight is 514 g/mol. The van der Waals surface area contributed by atoms with E-state index < -0.39 is 0 Å². The van der Waals surface area contributed by atoms with Crippen LogP contribution in [0, 0.1) is 0 Å². The van der Waals surface area contributed by atoms with E-state index in [1.807, 2.05) is 35.2 Å². The van der Waals surface area contributed by atoms with Gasteiger partial charge < -0.3 is 15.5 Å². The van der Waals surface area contributed by atoms with E-state index in [9.17, 15) is 4.79 Å². The number of halogens is 2. The van der Waals surface area contributed by atoms with Crippen molar-refractivity contribution in [3.63, 3.8) is 0 Å². The molecule has 1 fully saturated rings. The summed E-state index contributed by atoms with van der Waals surface area (Å²) < 4.78 is 0. The SMILES string of the molecule is CN=C(NCCc1ccc(Cl)nc1)NCc1ccc(N2CCCC2=O)cc1.I. The Bertz CT molecular complexity index is 795. The van der Waals surface area contributed by atoms with Gasteiger partial charge in [0, 0.05) is 45.0 Å². The van der Waals surface area contributed by atoms with Crippen molar-refractivity contribution >= 4 is 53.1 Å². The number of rotatable bonds is 6. The van der Waals surface area contributed by atoms with Gasteiger partial charge in [-0.1, -0.05) is 29.8 Å². The van der Waals surface area contributed by atoms with Crippen LogP contribution in [0.2, 0.25) is 5.15 Å². The van der Waals surface area contributed by atoms with Crippen molar-refractivity contribution in [1.82, 2.24) is 15.6 Å². The fraction of sp³-hybridized carbons (Fsp3) is 0.350. The lowest BCUT2D eigenvalue weighted by molar-refractivity contribution is -0.117. The van der Waals surface area contributed by atoms with E-state index in [2.05, 4.69) is 20.6 Å². The zero-order valence-corrected chi connectivity index (χ0v) is 18.9. The fourth-order valence-electron chi connectivity index (χ4n) is 3.00. The van der Waals surface area contributed by atoms with Crippen molar-refractivity contribution in [2.75, 3.05) is 25.0 Å². The number of guanidine groups is 1. The summed E-state index contributed by atoms with van der Waals surface area (Å²) in [6.45, 7) is 2.23. The number of hydrogen-bond donors (Lipinski definition) is 2. The summed E-state index contributed by atoms with van der Waals surface area (Å²) in [7, 11) is 1.75. The summed E-state index contributed by atoms with van der Waals surface area (Å²) in [5, 5.41) is 7.09. The van der Waals surface area contributed by atoms with Gasteiger partial charge in [-0.25, -0.2) is 4.98 Å². The molecular formula is C20H25ClIN5O. The Morgan fingerprint density at radius 2 is 1.93 bits per heavy atom. The van der Waals surface area contributed by atoms with Crippen LogP contribution in [0.1, 0.15) is 24.0 Å². The van der Waals surface area contributed by atoms with E-state index in [0.717, 1.165) is 48.7 Å². The summed E-state index contributed by atoms with van der Waals surface area (Å²) in [6.07, 6.45) is 4.21. The van der Waals surface area contributed by atoms with Gasteiger partial charge in [0.25, 0.3) is 0 Å². The largest absolute Gasteiger partial charge is 0.356 e. The average Bonchev–Trinajstić information content (AvgIpc) is 3.12. The fourth-order valence-corrected chi connectivity index (χ4v) is 3.11. The molecule has 150 valence electrons. The van der Waals surface area contributed by atoms with Crippen LogP contribution in [0.5, 0.6) is 0 Å². The summed E-state index contributed by atoms with van der Waals surface area (Å²) in [5.41, 5.74) is 3.23. The molecule has 0 spiro atoms. The Kier molecular flexibility index (Phi) is 8.98. The number of benzene rings is 1. The molecule has 6 nitrogen and oxygen atoms in total. The number of carbonyl (C=O) groups excluding carboxylic acids is 1. The van der Waals surface area contributed by atoms with Crippen molar-refractivity contribution in [3.8, 4) is 0 Å². The van der Waals surface area contributed by atoms with Gasteiger partial charge in [-0.2, -0.15) is 0 Å². The molecule has 8 heteroatoms. The topological polar surface area (TPSA) is 69.6 Å². The maximum atomic E-state index is 11.8. The van der Waals surface area contributed by atoms with Crippen LogP contribution in [0.25, 0.3) is 0 Å². The molecule has 1 aromatic heterocycles. The second-order valence-corrected chi connectivity index (χ2v) is 6.79. The lowest BCUT2D eigenvalue weighted by atomic mass is 10.2. The Morgan fingerprint density at radius 1 is 1.18 bits per heavy atom. The minimum absolute atomic E-state index is 0. The van der Waals surface area contributed by atoms with E-state index in [1.54, 1.807) is 19.3 Å². The number of anilines is 1. The highest BCUT2D eigenvalue weighted by molar-refractivity contribution is 14.0. The summed E-state index contributed by atoms with van der Waals surface area (Å²) in [4.78, 5) is 22.0. The second kappa shape index (κ2) is 11.2. The van der Waals surface area contributed by atoms with Gasteiger partial charge in [0.1, 0.15) is 5.15 Å². The Morgan fingerprint density at radius 3 is 2.54 bits per heavy atom. The molecule has 1 aromatic carbocycles. The van der Waals surface area contributed by atoms with E-state index in [-0.39, 0.29) is 29.9 Å². The van der Waals surface area contributed by atoms with Crippen LogP contribution in [0.4, 0.5) is 5.69 Å². The number of hydrogen-bond acceptors (Lipinski definition) is 3. The number of carbonyl (C=O) groups is 1. The first kappa shape index (κ1) is 22.4. The first-order valence-corrected chi connectivity index (χ1v) is 9.48. The zero-order valence-electron chi connectivity index (χ0n) is 15.8. The molecule has 3 rings (SSSR count). The Hall–Kier alpha value is -1.87. The maximum Gasteiger partial charge on any atom is 0.227 e. The summed E-state index contributed by atoms with van der Waals surface area (Å²) in [5.74, 6) is 0.956. The van der Waals surface area contributed by atoms with Gasteiger partial charge in [0.15, 0.2) is 5.96 Å². The number of amides is 1. The lowest BCUT2D eigenvalue weighted by Gasteiger charge is -2.16. The molecule has 0 saturated carbocycles. The minimum Gasteiger partial charge on any atom is -0.356 e. The number of aliphatic imine (C=N–C) groups is 1. The quantitative estimate of drug-likeness (QED) is 0.269. The van der Waals surface area contributed by atoms with Gasteiger partial charge in [0.05, 0.1) is 0 Å². The van der Waals surface area contributed by atoms with Crippen LogP contribution in [-0.2, 0) is 17.8 Å². The van der Waals surface area contributed by atoms with Crippen molar-refractivity contribution in [3.05, 3.63) is 58.9 Å². The smallest absolute Gasteiger partial charge is 0.227 e. The lowest BCUT2D eigenvalue weighted by Crippen LogP contribution is -2.37. The molecule has 0 aliphatic carbocycles. The molecule has 0 radical (unpaired) electrons. The van der Waals surface area contributed by atoms with Crippen LogP contribution < -0.4 is 15.5 Å². The third kappa shape index (κ3) is 6.34. The highest BCUT2D eigenvalue weighted by Gasteiger charge is 2.21. The molecule has 2 aromatic rings. The van der Waals surface area contributed by atoms with E-state index >= 15 is 0 Å². The third-order valence-corrected chi connectivity index (χ3v) is 4.72. The van der Waals surface area contributed by atoms with Crippen LogP contribution >= 0.6 is 35.6 Å². The van der Waals surface area contributed by atoms with Gasteiger partial charge in [-0.05, 0) is 42.2 Å².